The summed E-state index contributed by atoms with van der Waals surface area (Å²) in [6.07, 6.45) is 0. The summed E-state index contributed by atoms with van der Waals surface area (Å²) in [4.78, 5) is 12.2. The smallest absolute Gasteiger partial charge is 0.344 e. The molecular weight excluding hydrogens is 346 g/mol. The van der Waals surface area contributed by atoms with Crippen molar-refractivity contribution in [1.82, 2.24) is 5.16 Å². The minimum atomic E-state index is -0.414. The van der Waals surface area contributed by atoms with Crippen LogP contribution >= 0.6 is 15.9 Å². The fraction of sp³-hybridized carbons (Fsp3) is 0.176. The van der Waals surface area contributed by atoms with Gasteiger partial charge in [0, 0.05) is 10.0 Å². The lowest BCUT2D eigenvalue weighted by atomic mass is 9.99. The third-order valence-electron chi connectivity index (χ3n) is 3.47. The van der Waals surface area contributed by atoms with Crippen molar-refractivity contribution in [1.29, 1.82) is 0 Å². The van der Waals surface area contributed by atoms with Crippen molar-refractivity contribution in [3.05, 3.63) is 52.2 Å². The maximum Gasteiger partial charge on any atom is 0.344 e. The predicted molar refractivity (Wildman–Crippen MR) is 87.8 cm³/mol. The lowest BCUT2D eigenvalue weighted by molar-refractivity contribution is 0.0525. The second-order valence-corrected chi connectivity index (χ2v) is 5.68. The molecule has 4 nitrogen and oxygen atoms in total. The summed E-state index contributed by atoms with van der Waals surface area (Å²) in [5, 5.41) is 6.13. The molecule has 0 unspecified atom stereocenters. The molecule has 1 heterocycles. The first-order valence-corrected chi connectivity index (χ1v) is 7.73. The third kappa shape index (κ3) is 2.41. The second-order valence-electron chi connectivity index (χ2n) is 4.82. The van der Waals surface area contributed by atoms with Gasteiger partial charge in [0.2, 0.25) is 0 Å². The standard InChI is InChI=1S/C17H14BrNO3/c1-3-21-17(20)15-10(2)22-19-16(15)13-8-9-14(18)12-7-5-4-6-11(12)13/h4-9H,3H2,1-2H3. The molecule has 0 aliphatic rings. The first-order valence-electron chi connectivity index (χ1n) is 6.94. The van der Waals surface area contributed by atoms with Crippen molar-refractivity contribution in [3.8, 4) is 11.3 Å². The predicted octanol–water partition coefficient (Wildman–Crippen LogP) is 4.74. The number of fused-ring (bicyclic) bond motifs is 1. The average Bonchev–Trinajstić information content (AvgIpc) is 2.90. The summed E-state index contributed by atoms with van der Waals surface area (Å²) in [5.74, 6) is 0.0451. The molecule has 0 aliphatic carbocycles. The monoisotopic (exact) mass is 359 g/mol. The summed E-state index contributed by atoms with van der Waals surface area (Å²) in [7, 11) is 0. The molecule has 0 N–H and O–H groups in total. The van der Waals surface area contributed by atoms with Gasteiger partial charge in [-0.05, 0) is 30.7 Å². The molecule has 0 spiro atoms. The number of carbonyl (C=O) groups is 1. The van der Waals surface area contributed by atoms with E-state index >= 15 is 0 Å². The molecule has 0 atom stereocenters. The molecule has 2 aromatic carbocycles. The fourth-order valence-electron chi connectivity index (χ4n) is 2.47. The maximum atomic E-state index is 12.2. The van der Waals surface area contributed by atoms with Crippen LogP contribution in [0, 0.1) is 6.92 Å². The first-order chi connectivity index (χ1) is 10.6. The highest BCUT2D eigenvalue weighted by Gasteiger charge is 2.24. The van der Waals surface area contributed by atoms with Gasteiger partial charge in [0.25, 0.3) is 0 Å². The van der Waals surface area contributed by atoms with Gasteiger partial charge in [0.05, 0.1) is 6.61 Å². The second kappa shape index (κ2) is 5.93. The van der Waals surface area contributed by atoms with E-state index in [-0.39, 0.29) is 0 Å². The molecule has 0 bridgehead atoms. The summed E-state index contributed by atoms with van der Waals surface area (Å²) >= 11 is 3.55. The number of benzene rings is 2. The number of nitrogens with zero attached hydrogens (tertiary/aromatic N) is 1. The van der Waals surface area contributed by atoms with Crippen molar-refractivity contribution in [3.63, 3.8) is 0 Å². The molecule has 1 aromatic heterocycles. The van der Waals surface area contributed by atoms with E-state index in [1.54, 1.807) is 13.8 Å². The Hall–Kier alpha value is -2.14. The van der Waals surface area contributed by atoms with E-state index in [1.807, 2.05) is 36.4 Å². The highest BCUT2D eigenvalue weighted by molar-refractivity contribution is 9.10. The SMILES string of the molecule is CCOC(=O)c1c(-c2ccc(Br)c3ccccc23)noc1C. The Bertz CT molecular complexity index is 854. The Balaban J connectivity index is 2.25. The number of rotatable bonds is 3. The van der Waals surface area contributed by atoms with Gasteiger partial charge in [-0.25, -0.2) is 4.79 Å². The van der Waals surface area contributed by atoms with Crippen LogP contribution in [0.3, 0.4) is 0 Å². The molecule has 22 heavy (non-hydrogen) atoms. The van der Waals surface area contributed by atoms with Gasteiger partial charge < -0.3 is 9.26 Å². The van der Waals surface area contributed by atoms with Gasteiger partial charge >= 0.3 is 5.97 Å². The average molecular weight is 360 g/mol. The van der Waals surface area contributed by atoms with Crippen LogP contribution in [0.1, 0.15) is 23.0 Å². The minimum absolute atomic E-state index is 0.310. The Morgan fingerprint density at radius 3 is 2.68 bits per heavy atom. The van der Waals surface area contributed by atoms with Crippen molar-refractivity contribution in [2.75, 3.05) is 6.61 Å². The van der Waals surface area contributed by atoms with Crippen molar-refractivity contribution < 1.29 is 14.1 Å². The molecule has 0 fully saturated rings. The van der Waals surface area contributed by atoms with E-state index in [2.05, 4.69) is 21.1 Å². The Morgan fingerprint density at radius 1 is 1.23 bits per heavy atom. The number of hydrogen-bond acceptors (Lipinski definition) is 4. The Morgan fingerprint density at radius 2 is 1.95 bits per heavy atom. The third-order valence-corrected chi connectivity index (χ3v) is 4.16. The van der Waals surface area contributed by atoms with Crippen molar-refractivity contribution >= 4 is 32.7 Å². The van der Waals surface area contributed by atoms with Gasteiger partial charge in [-0.1, -0.05) is 51.4 Å². The number of aryl methyl sites for hydroxylation is 1. The van der Waals surface area contributed by atoms with Crippen LogP contribution in [0.15, 0.2) is 45.4 Å². The zero-order chi connectivity index (χ0) is 15.7. The van der Waals surface area contributed by atoms with E-state index in [1.165, 1.54) is 0 Å². The molecule has 0 saturated carbocycles. The van der Waals surface area contributed by atoms with E-state index < -0.39 is 5.97 Å². The number of halogens is 1. The number of esters is 1. The lowest BCUT2D eigenvalue weighted by Crippen LogP contribution is -2.06. The topological polar surface area (TPSA) is 52.3 Å². The van der Waals surface area contributed by atoms with Crippen LogP contribution in [0.4, 0.5) is 0 Å². The quantitative estimate of drug-likeness (QED) is 0.633. The zero-order valence-electron chi connectivity index (χ0n) is 12.2. The van der Waals surface area contributed by atoms with Gasteiger partial charge in [-0.15, -0.1) is 0 Å². The number of aromatic nitrogens is 1. The van der Waals surface area contributed by atoms with Crippen LogP contribution < -0.4 is 0 Å². The summed E-state index contributed by atoms with van der Waals surface area (Å²) in [5.41, 5.74) is 1.74. The largest absolute Gasteiger partial charge is 0.462 e. The molecule has 0 aliphatic heterocycles. The van der Waals surface area contributed by atoms with Gasteiger partial charge in [-0.2, -0.15) is 0 Å². The van der Waals surface area contributed by atoms with Crippen LogP contribution in [0.2, 0.25) is 0 Å². The Kier molecular flexibility index (Phi) is 3.98. The molecule has 0 amide bonds. The Labute approximate surface area is 136 Å². The first kappa shape index (κ1) is 14.8. The van der Waals surface area contributed by atoms with E-state index in [0.29, 0.717) is 23.6 Å². The molecule has 3 rings (SSSR count). The zero-order valence-corrected chi connectivity index (χ0v) is 13.8. The normalized spacial score (nSPS) is 10.9. The van der Waals surface area contributed by atoms with E-state index in [4.69, 9.17) is 9.26 Å². The van der Waals surface area contributed by atoms with Crippen LogP contribution in [-0.2, 0) is 4.74 Å². The highest BCUT2D eigenvalue weighted by atomic mass is 79.9. The molecule has 3 aromatic rings. The van der Waals surface area contributed by atoms with Crippen LogP contribution in [0.5, 0.6) is 0 Å². The minimum Gasteiger partial charge on any atom is -0.462 e. The van der Waals surface area contributed by atoms with E-state index in [0.717, 1.165) is 20.8 Å². The lowest BCUT2D eigenvalue weighted by Gasteiger charge is -2.07. The molecule has 5 heteroatoms. The summed E-state index contributed by atoms with van der Waals surface area (Å²) in [6.45, 7) is 3.79. The molecule has 0 radical (unpaired) electrons. The van der Waals surface area contributed by atoms with Crippen LogP contribution in [-0.4, -0.2) is 17.7 Å². The van der Waals surface area contributed by atoms with Gasteiger partial charge in [-0.3, -0.25) is 0 Å². The number of ether oxygens (including phenoxy) is 1. The van der Waals surface area contributed by atoms with Gasteiger partial charge in [0.1, 0.15) is 17.0 Å². The summed E-state index contributed by atoms with van der Waals surface area (Å²) in [6, 6.07) is 11.8. The highest BCUT2D eigenvalue weighted by Crippen LogP contribution is 2.35. The van der Waals surface area contributed by atoms with Gasteiger partial charge in [0.15, 0.2) is 0 Å². The molecule has 112 valence electrons. The van der Waals surface area contributed by atoms with Crippen molar-refractivity contribution in [2.24, 2.45) is 0 Å². The fourth-order valence-corrected chi connectivity index (χ4v) is 2.95. The molecular formula is C17H14BrNO3. The van der Waals surface area contributed by atoms with E-state index in [9.17, 15) is 4.79 Å². The maximum absolute atomic E-state index is 12.2. The van der Waals surface area contributed by atoms with Crippen molar-refractivity contribution in [2.45, 2.75) is 13.8 Å². The number of carbonyl (C=O) groups excluding carboxylic acids is 1. The van der Waals surface area contributed by atoms with Crippen LogP contribution in [0.25, 0.3) is 22.0 Å². The summed E-state index contributed by atoms with van der Waals surface area (Å²) < 4.78 is 11.3. The number of hydrogen-bond donors (Lipinski definition) is 0. The molecule has 0 saturated heterocycles.